The van der Waals surface area contributed by atoms with E-state index >= 15 is 0 Å². The van der Waals surface area contributed by atoms with Crippen LogP contribution in [0.4, 0.5) is 0 Å². The SMILES string of the molecule is Cc1cccc2c(Cl)c3cc4c(cc3nc12)OCO4. The number of aryl methyl sites for hydroxylation is 1. The van der Waals surface area contributed by atoms with Crippen molar-refractivity contribution in [3.8, 4) is 11.5 Å². The predicted octanol–water partition coefficient (Wildman–Crippen LogP) is 4.08. The summed E-state index contributed by atoms with van der Waals surface area (Å²) < 4.78 is 10.8. The van der Waals surface area contributed by atoms with Gasteiger partial charge in [-0.1, -0.05) is 29.8 Å². The zero-order chi connectivity index (χ0) is 13.0. The van der Waals surface area contributed by atoms with Gasteiger partial charge in [-0.3, -0.25) is 0 Å². The van der Waals surface area contributed by atoms with Gasteiger partial charge in [-0.05, 0) is 18.6 Å². The number of fused-ring (bicyclic) bond motifs is 3. The summed E-state index contributed by atoms with van der Waals surface area (Å²) in [4.78, 5) is 4.70. The van der Waals surface area contributed by atoms with Crippen LogP contribution in [0.2, 0.25) is 5.02 Å². The van der Waals surface area contributed by atoms with Gasteiger partial charge in [0.15, 0.2) is 11.5 Å². The van der Waals surface area contributed by atoms with Crippen molar-refractivity contribution in [3.63, 3.8) is 0 Å². The normalized spacial score (nSPS) is 13.4. The zero-order valence-corrected chi connectivity index (χ0v) is 11.0. The third-order valence-corrected chi connectivity index (χ3v) is 3.84. The summed E-state index contributed by atoms with van der Waals surface area (Å²) in [5.74, 6) is 1.45. The average molecular weight is 272 g/mol. The maximum absolute atomic E-state index is 6.51. The van der Waals surface area contributed by atoms with E-state index in [9.17, 15) is 0 Å². The maximum Gasteiger partial charge on any atom is 0.231 e. The Bertz CT molecular complexity index is 829. The monoisotopic (exact) mass is 271 g/mol. The van der Waals surface area contributed by atoms with Crippen molar-refractivity contribution in [2.45, 2.75) is 6.92 Å². The molecule has 1 aromatic heterocycles. The van der Waals surface area contributed by atoms with E-state index in [0.29, 0.717) is 5.02 Å². The standard InChI is InChI=1S/C15H10ClNO2/c1-8-3-2-4-9-14(16)10-5-12-13(19-7-18-12)6-11(10)17-15(8)9/h2-6H,7H2,1H3. The number of aromatic nitrogens is 1. The van der Waals surface area contributed by atoms with Gasteiger partial charge in [0.25, 0.3) is 0 Å². The lowest BCUT2D eigenvalue weighted by atomic mass is 10.1. The first-order chi connectivity index (χ1) is 9.24. The smallest absolute Gasteiger partial charge is 0.231 e. The highest BCUT2D eigenvalue weighted by Gasteiger charge is 2.17. The highest BCUT2D eigenvalue weighted by Crippen LogP contribution is 2.40. The van der Waals surface area contributed by atoms with E-state index < -0.39 is 0 Å². The number of rotatable bonds is 0. The molecule has 94 valence electrons. The Morgan fingerprint density at radius 2 is 1.89 bits per heavy atom. The van der Waals surface area contributed by atoms with Crippen molar-refractivity contribution in [1.82, 2.24) is 4.98 Å². The Morgan fingerprint density at radius 1 is 1.11 bits per heavy atom. The van der Waals surface area contributed by atoms with Crippen LogP contribution in [0.1, 0.15) is 5.56 Å². The number of hydrogen-bond donors (Lipinski definition) is 0. The Hall–Kier alpha value is -2.00. The topological polar surface area (TPSA) is 31.4 Å². The number of pyridine rings is 1. The molecule has 4 heteroatoms. The number of para-hydroxylation sites is 1. The summed E-state index contributed by atoms with van der Waals surface area (Å²) in [6.45, 7) is 2.28. The summed E-state index contributed by atoms with van der Waals surface area (Å²) in [6.07, 6.45) is 0. The van der Waals surface area contributed by atoms with Crippen LogP contribution in [0.5, 0.6) is 11.5 Å². The van der Waals surface area contributed by atoms with Crippen molar-refractivity contribution in [1.29, 1.82) is 0 Å². The molecule has 0 N–H and O–H groups in total. The molecule has 3 aromatic rings. The minimum atomic E-state index is 0.252. The Kier molecular flexibility index (Phi) is 2.15. The minimum absolute atomic E-state index is 0.252. The molecule has 0 saturated heterocycles. The van der Waals surface area contributed by atoms with Gasteiger partial charge < -0.3 is 9.47 Å². The van der Waals surface area contributed by atoms with Gasteiger partial charge in [-0.2, -0.15) is 0 Å². The first-order valence-corrected chi connectivity index (χ1v) is 6.40. The van der Waals surface area contributed by atoms with Gasteiger partial charge >= 0.3 is 0 Å². The quantitative estimate of drug-likeness (QED) is 0.577. The third kappa shape index (κ3) is 1.48. The lowest BCUT2D eigenvalue weighted by Gasteiger charge is -2.08. The molecule has 0 aliphatic carbocycles. The first kappa shape index (κ1) is 10.9. The molecule has 0 atom stereocenters. The molecule has 1 aliphatic heterocycles. The number of nitrogens with zero attached hydrogens (tertiary/aromatic N) is 1. The molecule has 0 spiro atoms. The van der Waals surface area contributed by atoms with Gasteiger partial charge in [-0.15, -0.1) is 0 Å². The van der Waals surface area contributed by atoms with Crippen LogP contribution >= 0.6 is 11.6 Å². The number of halogens is 1. The molecule has 4 rings (SSSR count). The van der Waals surface area contributed by atoms with Crippen molar-refractivity contribution in [2.24, 2.45) is 0 Å². The van der Waals surface area contributed by atoms with E-state index in [2.05, 4.69) is 0 Å². The number of hydrogen-bond acceptors (Lipinski definition) is 3. The lowest BCUT2D eigenvalue weighted by Crippen LogP contribution is -1.92. The summed E-state index contributed by atoms with van der Waals surface area (Å²) >= 11 is 6.51. The van der Waals surface area contributed by atoms with Crippen LogP contribution in [0, 0.1) is 6.92 Å². The minimum Gasteiger partial charge on any atom is -0.454 e. The fourth-order valence-corrected chi connectivity index (χ4v) is 2.75. The molecule has 0 bridgehead atoms. The average Bonchev–Trinajstić information content (AvgIpc) is 2.86. The number of benzene rings is 2. The number of ether oxygens (including phenoxy) is 2. The van der Waals surface area contributed by atoms with Gasteiger partial charge in [-0.25, -0.2) is 4.98 Å². The Morgan fingerprint density at radius 3 is 2.74 bits per heavy atom. The largest absolute Gasteiger partial charge is 0.454 e. The highest BCUT2D eigenvalue weighted by atomic mass is 35.5. The van der Waals surface area contributed by atoms with Crippen molar-refractivity contribution in [2.75, 3.05) is 6.79 Å². The molecule has 0 fully saturated rings. The summed E-state index contributed by atoms with van der Waals surface area (Å²) in [7, 11) is 0. The van der Waals surface area contributed by atoms with Crippen LogP contribution in [0.3, 0.4) is 0 Å². The van der Waals surface area contributed by atoms with E-state index in [1.807, 2.05) is 37.3 Å². The van der Waals surface area contributed by atoms with E-state index in [1.54, 1.807) is 0 Å². The molecule has 0 amide bonds. The van der Waals surface area contributed by atoms with Gasteiger partial charge in [0.2, 0.25) is 6.79 Å². The highest BCUT2D eigenvalue weighted by molar-refractivity contribution is 6.40. The molecule has 0 radical (unpaired) electrons. The molecule has 0 saturated carbocycles. The van der Waals surface area contributed by atoms with Crippen molar-refractivity contribution < 1.29 is 9.47 Å². The van der Waals surface area contributed by atoms with E-state index in [-0.39, 0.29) is 6.79 Å². The Labute approximate surface area is 114 Å². The summed E-state index contributed by atoms with van der Waals surface area (Å²) in [5.41, 5.74) is 2.87. The molecule has 2 aromatic carbocycles. The predicted molar refractivity (Wildman–Crippen MR) is 75.1 cm³/mol. The third-order valence-electron chi connectivity index (χ3n) is 3.43. The summed E-state index contributed by atoms with van der Waals surface area (Å²) in [5, 5.41) is 2.57. The second kappa shape index (κ2) is 3.75. The molecule has 3 nitrogen and oxygen atoms in total. The summed E-state index contributed by atoms with van der Waals surface area (Å²) in [6, 6.07) is 9.79. The van der Waals surface area contributed by atoms with Crippen molar-refractivity contribution in [3.05, 3.63) is 40.9 Å². The molecular weight excluding hydrogens is 262 g/mol. The van der Waals surface area contributed by atoms with E-state index in [0.717, 1.165) is 38.9 Å². The second-order valence-corrected chi connectivity index (χ2v) is 5.00. The second-order valence-electron chi connectivity index (χ2n) is 4.62. The van der Waals surface area contributed by atoms with Crippen LogP contribution in [0.25, 0.3) is 21.8 Å². The van der Waals surface area contributed by atoms with E-state index in [1.165, 1.54) is 0 Å². The van der Waals surface area contributed by atoms with Crippen LogP contribution in [-0.4, -0.2) is 11.8 Å². The zero-order valence-electron chi connectivity index (χ0n) is 10.2. The molecular formula is C15H10ClNO2. The van der Waals surface area contributed by atoms with Gasteiger partial charge in [0.05, 0.1) is 16.1 Å². The Balaban J connectivity index is 2.19. The fraction of sp³-hybridized carbons (Fsp3) is 0.133. The van der Waals surface area contributed by atoms with Crippen LogP contribution < -0.4 is 9.47 Å². The molecule has 2 heterocycles. The van der Waals surface area contributed by atoms with Crippen molar-refractivity contribution >= 4 is 33.4 Å². The molecule has 19 heavy (non-hydrogen) atoms. The lowest BCUT2D eigenvalue weighted by molar-refractivity contribution is 0.174. The maximum atomic E-state index is 6.51. The molecule has 0 unspecified atom stereocenters. The van der Waals surface area contributed by atoms with Crippen LogP contribution in [-0.2, 0) is 0 Å². The first-order valence-electron chi connectivity index (χ1n) is 6.02. The van der Waals surface area contributed by atoms with Gasteiger partial charge in [0.1, 0.15) is 0 Å². The van der Waals surface area contributed by atoms with Gasteiger partial charge in [0, 0.05) is 16.8 Å². The molecule has 1 aliphatic rings. The van der Waals surface area contributed by atoms with E-state index in [4.69, 9.17) is 26.1 Å². The fourth-order valence-electron chi connectivity index (χ4n) is 2.45. The van der Waals surface area contributed by atoms with Crippen LogP contribution in [0.15, 0.2) is 30.3 Å².